The second kappa shape index (κ2) is 11.3. The average Bonchev–Trinajstić information content (AvgIpc) is 2.77. The molecule has 0 radical (unpaired) electrons. The van der Waals surface area contributed by atoms with Crippen LogP contribution in [-0.2, 0) is 11.3 Å². The van der Waals surface area contributed by atoms with E-state index in [0.29, 0.717) is 19.7 Å². The Kier molecular flexibility index (Phi) is 8.12. The standard InChI is InChI=1S/C22H31N5O2/c1-3-23-22(25-11-14-29-20-8-6-18(2)7-9-20)26-17-19-5-4-10-24-21(19)27-12-15-28-16-13-27/h4-10H,3,11-17H2,1-2H3,(H2,23,25,26). The molecule has 3 rings (SSSR count). The van der Waals surface area contributed by atoms with E-state index in [1.165, 1.54) is 5.56 Å². The van der Waals surface area contributed by atoms with Crippen LogP contribution < -0.4 is 20.3 Å². The Hall–Kier alpha value is -2.80. The average molecular weight is 398 g/mol. The van der Waals surface area contributed by atoms with Crippen LogP contribution >= 0.6 is 0 Å². The summed E-state index contributed by atoms with van der Waals surface area (Å²) in [5.41, 5.74) is 2.34. The molecule has 0 unspecified atom stereocenters. The molecule has 0 amide bonds. The Bertz CT molecular complexity index is 773. The molecule has 29 heavy (non-hydrogen) atoms. The molecule has 156 valence electrons. The first kappa shape index (κ1) is 20.9. The number of guanidine groups is 1. The van der Waals surface area contributed by atoms with Gasteiger partial charge < -0.3 is 25.0 Å². The van der Waals surface area contributed by atoms with Gasteiger partial charge in [0.2, 0.25) is 0 Å². The molecule has 0 bridgehead atoms. The number of aryl methyl sites for hydroxylation is 1. The van der Waals surface area contributed by atoms with E-state index in [-0.39, 0.29) is 0 Å². The molecule has 1 aliphatic rings. The maximum Gasteiger partial charge on any atom is 0.191 e. The normalized spacial score (nSPS) is 14.6. The monoisotopic (exact) mass is 397 g/mol. The van der Waals surface area contributed by atoms with Gasteiger partial charge in [0, 0.05) is 31.4 Å². The van der Waals surface area contributed by atoms with Crippen LogP contribution in [0.2, 0.25) is 0 Å². The quantitative estimate of drug-likeness (QED) is 0.405. The number of hydrogen-bond donors (Lipinski definition) is 2. The fourth-order valence-corrected chi connectivity index (χ4v) is 3.09. The molecular weight excluding hydrogens is 366 g/mol. The molecule has 1 aliphatic heterocycles. The molecule has 2 heterocycles. The number of hydrogen-bond acceptors (Lipinski definition) is 5. The second-order valence-corrected chi connectivity index (χ2v) is 6.87. The SMILES string of the molecule is CCNC(=NCc1cccnc1N1CCOCC1)NCCOc1ccc(C)cc1. The Morgan fingerprint density at radius 2 is 1.97 bits per heavy atom. The van der Waals surface area contributed by atoms with Gasteiger partial charge >= 0.3 is 0 Å². The lowest BCUT2D eigenvalue weighted by Gasteiger charge is -2.29. The van der Waals surface area contributed by atoms with Gasteiger partial charge in [-0.1, -0.05) is 23.8 Å². The highest BCUT2D eigenvalue weighted by Crippen LogP contribution is 2.19. The Morgan fingerprint density at radius 3 is 2.72 bits per heavy atom. The zero-order valence-corrected chi connectivity index (χ0v) is 17.4. The van der Waals surface area contributed by atoms with E-state index in [2.05, 4.69) is 40.4 Å². The van der Waals surface area contributed by atoms with Gasteiger partial charge in [0.15, 0.2) is 5.96 Å². The highest BCUT2D eigenvalue weighted by Gasteiger charge is 2.15. The van der Waals surface area contributed by atoms with Crippen LogP contribution in [0.3, 0.4) is 0 Å². The molecule has 1 fully saturated rings. The highest BCUT2D eigenvalue weighted by molar-refractivity contribution is 5.79. The number of ether oxygens (including phenoxy) is 2. The number of aromatic nitrogens is 1. The highest BCUT2D eigenvalue weighted by atomic mass is 16.5. The van der Waals surface area contributed by atoms with Gasteiger partial charge in [0.1, 0.15) is 18.2 Å². The van der Waals surface area contributed by atoms with Crippen LogP contribution in [0.5, 0.6) is 5.75 Å². The molecule has 2 aromatic rings. The molecule has 0 spiro atoms. The minimum Gasteiger partial charge on any atom is -0.492 e. The molecule has 2 N–H and O–H groups in total. The summed E-state index contributed by atoms with van der Waals surface area (Å²) >= 11 is 0. The number of rotatable bonds is 8. The maximum atomic E-state index is 5.78. The van der Waals surface area contributed by atoms with Crippen molar-refractivity contribution in [2.45, 2.75) is 20.4 Å². The van der Waals surface area contributed by atoms with Crippen molar-refractivity contribution in [2.75, 3.05) is 50.9 Å². The van der Waals surface area contributed by atoms with Crippen LogP contribution in [0.15, 0.2) is 47.6 Å². The predicted octanol–water partition coefficient (Wildman–Crippen LogP) is 2.36. The minimum atomic E-state index is 0.564. The van der Waals surface area contributed by atoms with E-state index in [4.69, 9.17) is 14.5 Å². The number of nitrogens with zero attached hydrogens (tertiary/aromatic N) is 3. The molecule has 0 aliphatic carbocycles. The van der Waals surface area contributed by atoms with Crippen molar-refractivity contribution in [2.24, 2.45) is 4.99 Å². The van der Waals surface area contributed by atoms with Crippen LogP contribution in [0.4, 0.5) is 5.82 Å². The fraction of sp³-hybridized carbons (Fsp3) is 0.455. The fourth-order valence-electron chi connectivity index (χ4n) is 3.09. The summed E-state index contributed by atoms with van der Waals surface area (Å²) in [6, 6.07) is 12.1. The summed E-state index contributed by atoms with van der Waals surface area (Å²) in [7, 11) is 0. The van der Waals surface area contributed by atoms with Gasteiger partial charge in [-0.05, 0) is 32.0 Å². The Labute approximate surface area is 173 Å². The first-order valence-corrected chi connectivity index (χ1v) is 10.2. The first-order valence-electron chi connectivity index (χ1n) is 10.2. The molecule has 7 heteroatoms. The zero-order valence-electron chi connectivity index (χ0n) is 17.4. The maximum absolute atomic E-state index is 5.78. The smallest absolute Gasteiger partial charge is 0.191 e. The molecule has 0 atom stereocenters. The van der Waals surface area contributed by atoms with Crippen molar-refractivity contribution in [1.82, 2.24) is 15.6 Å². The summed E-state index contributed by atoms with van der Waals surface area (Å²) in [6.07, 6.45) is 1.84. The molecule has 7 nitrogen and oxygen atoms in total. The first-order chi connectivity index (χ1) is 14.3. The zero-order chi connectivity index (χ0) is 20.3. The van der Waals surface area contributed by atoms with Gasteiger partial charge in [-0.3, -0.25) is 0 Å². The summed E-state index contributed by atoms with van der Waals surface area (Å²) in [5.74, 6) is 2.65. The topological polar surface area (TPSA) is 71.0 Å². The van der Waals surface area contributed by atoms with Crippen molar-refractivity contribution in [3.63, 3.8) is 0 Å². The number of anilines is 1. The van der Waals surface area contributed by atoms with Crippen LogP contribution in [-0.4, -0.2) is 56.9 Å². The van der Waals surface area contributed by atoms with Crippen molar-refractivity contribution >= 4 is 11.8 Å². The van der Waals surface area contributed by atoms with Crippen LogP contribution in [0.25, 0.3) is 0 Å². The van der Waals surface area contributed by atoms with Crippen LogP contribution in [0.1, 0.15) is 18.1 Å². The lowest BCUT2D eigenvalue weighted by atomic mass is 10.2. The van der Waals surface area contributed by atoms with Crippen molar-refractivity contribution < 1.29 is 9.47 Å². The van der Waals surface area contributed by atoms with Crippen molar-refractivity contribution in [3.8, 4) is 5.75 Å². The van der Waals surface area contributed by atoms with Gasteiger partial charge in [-0.25, -0.2) is 9.98 Å². The Morgan fingerprint density at radius 1 is 1.17 bits per heavy atom. The molecule has 1 saturated heterocycles. The lowest BCUT2D eigenvalue weighted by molar-refractivity contribution is 0.122. The van der Waals surface area contributed by atoms with E-state index in [1.807, 2.05) is 36.5 Å². The van der Waals surface area contributed by atoms with Gasteiger partial charge in [-0.2, -0.15) is 0 Å². The third-order valence-electron chi connectivity index (χ3n) is 4.61. The van der Waals surface area contributed by atoms with Gasteiger partial charge in [0.25, 0.3) is 0 Å². The molecule has 1 aromatic heterocycles. The van der Waals surface area contributed by atoms with E-state index in [1.54, 1.807) is 0 Å². The number of pyridine rings is 1. The number of aliphatic imine (C=N–C) groups is 1. The molecule has 1 aromatic carbocycles. The van der Waals surface area contributed by atoms with E-state index in [9.17, 15) is 0 Å². The predicted molar refractivity (Wildman–Crippen MR) is 117 cm³/mol. The summed E-state index contributed by atoms with van der Waals surface area (Å²) in [5, 5.41) is 6.62. The summed E-state index contributed by atoms with van der Waals surface area (Å²) < 4.78 is 11.2. The Balaban J connectivity index is 1.54. The minimum absolute atomic E-state index is 0.564. The van der Waals surface area contributed by atoms with Gasteiger partial charge in [-0.15, -0.1) is 0 Å². The van der Waals surface area contributed by atoms with Crippen LogP contribution in [0, 0.1) is 6.92 Å². The summed E-state index contributed by atoms with van der Waals surface area (Å²) in [4.78, 5) is 11.6. The third kappa shape index (κ3) is 6.64. The third-order valence-corrected chi connectivity index (χ3v) is 4.61. The second-order valence-electron chi connectivity index (χ2n) is 6.87. The van der Waals surface area contributed by atoms with Crippen molar-refractivity contribution in [1.29, 1.82) is 0 Å². The molecular formula is C22H31N5O2. The summed E-state index contributed by atoms with van der Waals surface area (Å²) in [6.45, 7) is 9.94. The number of nitrogens with one attached hydrogen (secondary N) is 2. The largest absolute Gasteiger partial charge is 0.492 e. The van der Waals surface area contributed by atoms with Gasteiger partial charge in [0.05, 0.1) is 26.3 Å². The van der Waals surface area contributed by atoms with Crippen molar-refractivity contribution in [3.05, 3.63) is 53.7 Å². The number of benzene rings is 1. The van der Waals surface area contributed by atoms with E-state index < -0.39 is 0 Å². The number of morpholine rings is 1. The van der Waals surface area contributed by atoms with E-state index >= 15 is 0 Å². The molecule has 0 saturated carbocycles. The van der Waals surface area contributed by atoms with E-state index in [0.717, 1.165) is 55.9 Å². The lowest BCUT2D eigenvalue weighted by Crippen LogP contribution is -2.39.